The van der Waals surface area contributed by atoms with E-state index in [0.29, 0.717) is 18.0 Å². The first-order valence-electron chi connectivity index (χ1n) is 11.8. The van der Waals surface area contributed by atoms with Crippen molar-refractivity contribution in [2.75, 3.05) is 11.9 Å². The summed E-state index contributed by atoms with van der Waals surface area (Å²) in [5, 5.41) is 14.7. The number of nitrogens with one attached hydrogen (secondary N) is 2. The molecule has 5 rings (SSSR count). The molecular weight excluding hydrogens is 444 g/mol. The van der Waals surface area contributed by atoms with Gasteiger partial charge in [-0.15, -0.1) is 0 Å². The summed E-state index contributed by atoms with van der Waals surface area (Å²) >= 11 is 0. The third kappa shape index (κ3) is 5.04. The molecule has 2 aliphatic carbocycles. The zero-order valence-electron chi connectivity index (χ0n) is 19.1. The SMILES string of the molecule is O=C(Nc1cccc(C(=O)N[C@@H](CC2CC2)C(=O)O)c1)OCC1c2ccccc2-c2ccccc21. The van der Waals surface area contributed by atoms with Crippen LogP contribution in [0.1, 0.15) is 46.7 Å². The molecule has 2 aliphatic rings. The monoisotopic (exact) mass is 470 g/mol. The second kappa shape index (κ2) is 9.62. The number of carbonyl (C=O) groups is 3. The lowest BCUT2D eigenvalue weighted by Gasteiger charge is -2.16. The molecule has 0 heterocycles. The van der Waals surface area contributed by atoms with Crippen molar-refractivity contribution in [3.05, 3.63) is 89.5 Å². The Bertz CT molecular complexity index is 1240. The van der Waals surface area contributed by atoms with Gasteiger partial charge in [-0.25, -0.2) is 9.59 Å². The minimum Gasteiger partial charge on any atom is -0.480 e. The predicted molar refractivity (Wildman–Crippen MR) is 131 cm³/mol. The first kappa shape index (κ1) is 22.7. The van der Waals surface area contributed by atoms with E-state index in [2.05, 4.69) is 34.9 Å². The Morgan fingerprint density at radius 1 is 0.914 bits per heavy atom. The Labute approximate surface area is 203 Å². The number of fused-ring (bicyclic) bond motifs is 3. The van der Waals surface area contributed by atoms with Crippen LogP contribution in [0.5, 0.6) is 0 Å². The van der Waals surface area contributed by atoms with Crippen molar-refractivity contribution in [3.63, 3.8) is 0 Å². The summed E-state index contributed by atoms with van der Waals surface area (Å²) in [7, 11) is 0. The highest BCUT2D eigenvalue weighted by Crippen LogP contribution is 2.44. The van der Waals surface area contributed by atoms with Crippen LogP contribution in [-0.4, -0.2) is 35.7 Å². The number of rotatable bonds is 8. The van der Waals surface area contributed by atoms with Crippen molar-refractivity contribution in [2.24, 2.45) is 5.92 Å². The molecule has 3 aromatic rings. The minimum absolute atomic E-state index is 0.0512. The van der Waals surface area contributed by atoms with Crippen molar-refractivity contribution in [1.82, 2.24) is 5.32 Å². The summed E-state index contributed by atoms with van der Waals surface area (Å²) in [5.41, 5.74) is 5.21. The number of aliphatic carboxylic acids is 1. The van der Waals surface area contributed by atoms with Crippen molar-refractivity contribution >= 4 is 23.7 Å². The Hall–Kier alpha value is -4.13. The second-order valence-corrected chi connectivity index (χ2v) is 9.07. The molecule has 1 atom stereocenters. The maximum Gasteiger partial charge on any atom is 0.411 e. The average Bonchev–Trinajstić information content (AvgIpc) is 3.63. The Kier molecular flexibility index (Phi) is 6.23. The fourth-order valence-corrected chi connectivity index (χ4v) is 4.64. The topological polar surface area (TPSA) is 105 Å². The van der Waals surface area contributed by atoms with Gasteiger partial charge in [-0.1, -0.05) is 67.4 Å². The van der Waals surface area contributed by atoms with E-state index in [-0.39, 0.29) is 18.1 Å². The molecule has 7 nitrogen and oxygen atoms in total. The molecule has 0 spiro atoms. The molecule has 178 valence electrons. The van der Waals surface area contributed by atoms with Crippen molar-refractivity contribution in [3.8, 4) is 11.1 Å². The average molecular weight is 471 g/mol. The minimum atomic E-state index is -1.04. The lowest BCUT2D eigenvalue weighted by atomic mass is 9.98. The third-order valence-electron chi connectivity index (χ3n) is 6.58. The molecule has 2 amide bonds. The summed E-state index contributed by atoms with van der Waals surface area (Å²) in [6.45, 7) is 0.182. The van der Waals surface area contributed by atoms with E-state index in [4.69, 9.17) is 4.74 Å². The lowest BCUT2D eigenvalue weighted by Crippen LogP contribution is -2.41. The van der Waals surface area contributed by atoms with Gasteiger partial charge in [0.15, 0.2) is 0 Å². The predicted octanol–water partition coefficient (Wildman–Crippen LogP) is 5.03. The molecule has 0 unspecified atom stereocenters. The van der Waals surface area contributed by atoms with Crippen molar-refractivity contribution < 1.29 is 24.2 Å². The maximum atomic E-state index is 12.6. The Balaban J connectivity index is 1.21. The van der Waals surface area contributed by atoms with Gasteiger partial charge in [0.1, 0.15) is 12.6 Å². The zero-order valence-corrected chi connectivity index (χ0v) is 19.1. The smallest absolute Gasteiger partial charge is 0.411 e. The summed E-state index contributed by atoms with van der Waals surface area (Å²) in [4.78, 5) is 36.7. The van der Waals surface area contributed by atoms with Crippen LogP contribution in [0.3, 0.4) is 0 Å². The van der Waals surface area contributed by atoms with Gasteiger partial charge in [0, 0.05) is 17.2 Å². The molecule has 3 N–H and O–H groups in total. The van der Waals surface area contributed by atoms with Gasteiger partial charge >= 0.3 is 12.1 Å². The maximum absolute atomic E-state index is 12.6. The van der Waals surface area contributed by atoms with Gasteiger partial charge in [0.05, 0.1) is 0 Å². The molecule has 0 bridgehead atoms. The summed E-state index contributed by atoms with van der Waals surface area (Å²) in [5.74, 6) is -1.23. The number of benzene rings is 3. The van der Waals surface area contributed by atoms with Crippen molar-refractivity contribution in [2.45, 2.75) is 31.2 Å². The van der Waals surface area contributed by atoms with Crippen LogP contribution in [0.15, 0.2) is 72.8 Å². The molecule has 7 heteroatoms. The molecule has 35 heavy (non-hydrogen) atoms. The van der Waals surface area contributed by atoms with Gasteiger partial charge in [-0.3, -0.25) is 10.1 Å². The van der Waals surface area contributed by atoms with Crippen LogP contribution < -0.4 is 10.6 Å². The molecule has 0 aliphatic heterocycles. The number of hydrogen-bond donors (Lipinski definition) is 3. The van der Waals surface area contributed by atoms with E-state index in [1.165, 1.54) is 6.07 Å². The fourth-order valence-electron chi connectivity index (χ4n) is 4.64. The quantitative estimate of drug-likeness (QED) is 0.428. The van der Waals surface area contributed by atoms with Gasteiger partial charge in [0.25, 0.3) is 5.91 Å². The van der Waals surface area contributed by atoms with Gasteiger partial charge in [-0.05, 0) is 52.8 Å². The molecular formula is C28H26N2O5. The largest absolute Gasteiger partial charge is 0.480 e. The summed E-state index contributed by atoms with van der Waals surface area (Å²) in [6.07, 6.45) is 1.80. The first-order chi connectivity index (χ1) is 17.0. The second-order valence-electron chi connectivity index (χ2n) is 9.07. The Morgan fingerprint density at radius 2 is 1.57 bits per heavy atom. The van der Waals surface area contributed by atoms with Gasteiger partial charge < -0.3 is 15.2 Å². The third-order valence-corrected chi connectivity index (χ3v) is 6.58. The molecule has 3 aromatic carbocycles. The molecule has 0 saturated heterocycles. The Morgan fingerprint density at radius 3 is 2.20 bits per heavy atom. The molecule has 0 aromatic heterocycles. The number of carboxylic acids is 1. The number of ether oxygens (including phenoxy) is 1. The van der Waals surface area contributed by atoms with E-state index in [9.17, 15) is 19.5 Å². The van der Waals surface area contributed by atoms with Crippen LogP contribution in [0, 0.1) is 5.92 Å². The highest BCUT2D eigenvalue weighted by atomic mass is 16.5. The van der Waals surface area contributed by atoms with E-state index in [1.54, 1.807) is 18.2 Å². The van der Waals surface area contributed by atoms with E-state index >= 15 is 0 Å². The summed E-state index contributed by atoms with van der Waals surface area (Å²) < 4.78 is 5.56. The first-order valence-corrected chi connectivity index (χ1v) is 11.8. The lowest BCUT2D eigenvalue weighted by molar-refractivity contribution is -0.139. The standard InChI is InChI=1S/C28H26N2O5/c31-26(30-25(27(32)33)14-17-12-13-17)18-6-5-7-19(15-18)29-28(34)35-16-24-22-10-3-1-8-20(22)21-9-2-4-11-23(21)24/h1-11,15,17,24-25H,12-14,16H2,(H,29,34)(H,30,31)(H,32,33)/t25-/m0/s1. The van der Waals surface area contributed by atoms with Gasteiger partial charge in [0.2, 0.25) is 0 Å². The van der Waals surface area contributed by atoms with Crippen LogP contribution in [0.4, 0.5) is 10.5 Å². The number of carboxylic acid groups (broad SMARTS) is 1. The van der Waals surface area contributed by atoms with Crippen molar-refractivity contribution in [1.29, 1.82) is 0 Å². The number of anilines is 1. The zero-order chi connectivity index (χ0) is 24.4. The van der Waals surface area contributed by atoms with E-state index < -0.39 is 24.0 Å². The van der Waals surface area contributed by atoms with Crippen LogP contribution in [0.25, 0.3) is 11.1 Å². The van der Waals surface area contributed by atoms with Crippen LogP contribution in [0.2, 0.25) is 0 Å². The van der Waals surface area contributed by atoms with Crippen LogP contribution >= 0.6 is 0 Å². The highest BCUT2D eigenvalue weighted by Gasteiger charge is 2.31. The summed E-state index contributed by atoms with van der Waals surface area (Å²) in [6, 6.07) is 21.7. The number of carbonyl (C=O) groups excluding carboxylic acids is 2. The number of hydrogen-bond acceptors (Lipinski definition) is 4. The normalized spacial score (nSPS) is 15.0. The molecule has 1 fully saturated rings. The molecule has 0 radical (unpaired) electrons. The number of amides is 2. The van der Waals surface area contributed by atoms with E-state index in [0.717, 1.165) is 35.1 Å². The highest BCUT2D eigenvalue weighted by molar-refractivity contribution is 5.98. The van der Waals surface area contributed by atoms with Gasteiger partial charge in [-0.2, -0.15) is 0 Å². The fraction of sp³-hybridized carbons (Fsp3) is 0.250. The van der Waals surface area contributed by atoms with E-state index in [1.807, 2.05) is 24.3 Å². The van der Waals surface area contributed by atoms with Crippen LogP contribution in [-0.2, 0) is 9.53 Å². The molecule has 1 saturated carbocycles.